The van der Waals surface area contributed by atoms with Crippen LogP contribution in [0.4, 0.5) is 21.7 Å². The molecule has 0 radical (unpaired) electrons. The lowest BCUT2D eigenvalue weighted by Crippen LogP contribution is -2.60. The molecule has 2 N–H and O–H groups in total. The Kier molecular flexibility index (Phi) is 7.66. The molecule has 0 aliphatic carbocycles. The maximum absolute atomic E-state index is 14.9. The summed E-state index contributed by atoms with van der Waals surface area (Å²) in [6.07, 6.45) is 2.51. The maximum atomic E-state index is 14.9. The third kappa shape index (κ3) is 4.96. The smallest absolute Gasteiger partial charge is 0.352 e. The lowest BCUT2D eigenvalue weighted by atomic mass is 10.0. The molecule has 2 atom stereocenters. The molecule has 2 aromatic heterocycles. The van der Waals surface area contributed by atoms with Gasteiger partial charge in [-0.25, -0.2) is 19.3 Å². The average molecular weight is 613 g/mol. The van der Waals surface area contributed by atoms with Crippen LogP contribution in [0.3, 0.4) is 0 Å². The van der Waals surface area contributed by atoms with Gasteiger partial charge in [0.15, 0.2) is 17.5 Å². The van der Waals surface area contributed by atoms with Gasteiger partial charge < -0.3 is 15.5 Å². The monoisotopic (exact) mass is 612 g/mol. The third-order valence-corrected chi connectivity index (χ3v) is 8.80. The van der Waals surface area contributed by atoms with E-state index in [4.69, 9.17) is 17.3 Å². The number of benzene rings is 1. The van der Waals surface area contributed by atoms with Crippen LogP contribution in [0.5, 0.6) is 0 Å². The number of anilines is 3. The van der Waals surface area contributed by atoms with Gasteiger partial charge in [0.2, 0.25) is 5.91 Å². The van der Waals surface area contributed by atoms with E-state index in [0.29, 0.717) is 12.2 Å². The number of fused-ring (bicyclic) bond motifs is 1. The molecule has 1 saturated heterocycles. The first-order chi connectivity index (χ1) is 19.9. The first-order valence-electron chi connectivity index (χ1n) is 13.3. The number of nitrogen functional groups attached to an aromatic ring is 1. The highest BCUT2D eigenvalue weighted by molar-refractivity contribution is 7.92. The number of aromatic nitrogens is 3. The highest BCUT2D eigenvalue weighted by Crippen LogP contribution is 2.44. The maximum Gasteiger partial charge on any atom is 0.352 e. The molecule has 1 amide bonds. The number of hydrogen-bond donors (Lipinski definition) is 1. The van der Waals surface area contributed by atoms with Crippen molar-refractivity contribution in [3.8, 4) is 11.3 Å². The van der Waals surface area contributed by atoms with E-state index >= 15 is 0 Å². The number of rotatable bonds is 4. The van der Waals surface area contributed by atoms with Crippen molar-refractivity contribution < 1.29 is 17.6 Å². The summed E-state index contributed by atoms with van der Waals surface area (Å²) in [4.78, 5) is 29.0. The molecule has 2 aliphatic heterocycles. The summed E-state index contributed by atoms with van der Waals surface area (Å²) in [6, 6.07) is 6.84. The predicted octanol–water partition coefficient (Wildman–Crippen LogP) is 4.29. The lowest BCUT2D eigenvalue weighted by Gasteiger charge is -2.46. The van der Waals surface area contributed by atoms with E-state index in [9.17, 15) is 17.6 Å². The number of piperazine rings is 1. The Morgan fingerprint density at radius 1 is 1.17 bits per heavy atom. The molecule has 1 aromatic carbocycles. The first-order valence-corrected chi connectivity index (χ1v) is 15.0. The van der Waals surface area contributed by atoms with E-state index in [2.05, 4.69) is 25.9 Å². The van der Waals surface area contributed by atoms with Crippen molar-refractivity contribution >= 4 is 50.9 Å². The zero-order chi connectivity index (χ0) is 30.5. The van der Waals surface area contributed by atoms with Gasteiger partial charge in [-0.15, -0.1) is 4.40 Å². The standard InChI is InChI=1S/C28H30ClFN8O3S/c1-6-22(39)36-12-17(5)37(13-16(36)4)28-19-11-20(29)24(18-9-7-8-10-21(18)30)34-27(19)38(42(40,41)35-28)25-23(15(2)3)32-14-33-26(25)31/h6-11,14-17H,1,12-13H2,2-5H3,(H2,31,32,33). The Balaban J connectivity index is 1.77. The van der Waals surface area contributed by atoms with Gasteiger partial charge in [-0.2, -0.15) is 12.7 Å². The van der Waals surface area contributed by atoms with Crippen molar-refractivity contribution in [2.45, 2.75) is 45.7 Å². The van der Waals surface area contributed by atoms with Gasteiger partial charge >= 0.3 is 10.2 Å². The summed E-state index contributed by atoms with van der Waals surface area (Å²) >= 11 is 6.71. The van der Waals surface area contributed by atoms with Gasteiger partial charge in [-0.1, -0.05) is 44.2 Å². The summed E-state index contributed by atoms with van der Waals surface area (Å²) in [5, 5.41) is 0.0911. The lowest BCUT2D eigenvalue weighted by molar-refractivity contribution is -0.130. The number of pyridine rings is 1. The molecule has 2 aliphatic rings. The number of nitrogens with two attached hydrogens (primary N) is 1. The second kappa shape index (κ2) is 11.0. The molecular formula is C28H30ClFN8O3S. The Hall–Kier alpha value is -4.10. The Labute approximate surface area is 248 Å². The number of nitrogens with zero attached hydrogens (tertiary/aromatic N) is 7. The minimum atomic E-state index is -4.54. The van der Waals surface area contributed by atoms with E-state index in [0.717, 1.165) is 4.31 Å². The summed E-state index contributed by atoms with van der Waals surface area (Å²) in [5.74, 6) is -1.12. The molecule has 220 valence electrons. The number of hydrogen-bond acceptors (Lipinski definition) is 8. The molecule has 1 fully saturated rings. The highest BCUT2D eigenvalue weighted by atomic mass is 35.5. The molecule has 0 saturated carbocycles. The minimum absolute atomic E-state index is 0.00803. The van der Waals surface area contributed by atoms with E-state index < -0.39 is 16.0 Å². The normalized spacial score (nSPS) is 19.9. The van der Waals surface area contributed by atoms with E-state index in [1.165, 1.54) is 36.7 Å². The second-order valence-electron chi connectivity index (χ2n) is 10.5. The molecule has 14 heteroatoms. The van der Waals surface area contributed by atoms with Gasteiger partial charge in [0.1, 0.15) is 17.8 Å². The minimum Gasteiger partial charge on any atom is -0.382 e. The number of amides is 1. The van der Waals surface area contributed by atoms with Crippen molar-refractivity contribution in [3.05, 3.63) is 71.4 Å². The summed E-state index contributed by atoms with van der Waals surface area (Å²) in [6.45, 7) is 11.5. The van der Waals surface area contributed by atoms with Crippen molar-refractivity contribution in [1.29, 1.82) is 0 Å². The number of halogens is 2. The summed E-state index contributed by atoms with van der Waals surface area (Å²) in [5.41, 5.74) is 7.06. The fraction of sp³-hybridized carbons (Fsp3) is 0.321. The van der Waals surface area contributed by atoms with Crippen LogP contribution in [0, 0.1) is 5.82 Å². The molecule has 5 rings (SSSR count). The van der Waals surface area contributed by atoms with Crippen molar-refractivity contribution in [2.24, 2.45) is 4.40 Å². The number of carbonyl (C=O) groups excluding carboxylic acids is 1. The van der Waals surface area contributed by atoms with Crippen LogP contribution in [-0.2, 0) is 15.0 Å². The third-order valence-electron chi connectivity index (χ3n) is 7.30. The van der Waals surface area contributed by atoms with E-state index in [-0.39, 0.29) is 75.5 Å². The highest BCUT2D eigenvalue weighted by Gasteiger charge is 2.43. The molecule has 3 aromatic rings. The molecule has 2 unspecified atom stereocenters. The SMILES string of the molecule is C=CC(=O)N1CC(C)N(C2=NS(=O)(=O)N(c3c(N)ncnc3C(C)C)c3nc(-c4ccccc4F)c(Cl)cc32)CC1C. The number of carbonyl (C=O) groups is 1. The Morgan fingerprint density at radius 3 is 2.55 bits per heavy atom. The van der Waals surface area contributed by atoms with Gasteiger partial charge in [0.25, 0.3) is 0 Å². The van der Waals surface area contributed by atoms with Crippen LogP contribution in [0.15, 0.2) is 53.7 Å². The van der Waals surface area contributed by atoms with E-state index in [1.807, 2.05) is 27.7 Å². The van der Waals surface area contributed by atoms with Crippen LogP contribution in [0.1, 0.15) is 44.9 Å². The van der Waals surface area contributed by atoms with Crippen molar-refractivity contribution in [2.75, 3.05) is 23.1 Å². The van der Waals surface area contributed by atoms with Crippen LogP contribution >= 0.6 is 11.6 Å². The zero-order valence-electron chi connectivity index (χ0n) is 23.5. The van der Waals surface area contributed by atoms with Crippen LogP contribution in [0.2, 0.25) is 5.02 Å². The molecule has 42 heavy (non-hydrogen) atoms. The summed E-state index contributed by atoms with van der Waals surface area (Å²) in [7, 11) is -4.54. The topological polar surface area (TPSA) is 138 Å². The van der Waals surface area contributed by atoms with Crippen LogP contribution in [0.25, 0.3) is 11.3 Å². The van der Waals surface area contributed by atoms with E-state index in [1.54, 1.807) is 15.9 Å². The van der Waals surface area contributed by atoms with Crippen molar-refractivity contribution in [1.82, 2.24) is 24.8 Å². The largest absolute Gasteiger partial charge is 0.382 e. The molecule has 11 nitrogen and oxygen atoms in total. The quantitative estimate of drug-likeness (QED) is 0.431. The fourth-order valence-corrected chi connectivity index (χ4v) is 6.79. The Bertz CT molecular complexity index is 1730. The first kappa shape index (κ1) is 29.4. The van der Waals surface area contributed by atoms with Gasteiger partial charge in [-0.05, 0) is 44.0 Å². The van der Waals surface area contributed by atoms with Crippen molar-refractivity contribution in [3.63, 3.8) is 0 Å². The summed E-state index contributed by atoms with van der Waals surface area (Å²) < 4.78 is 48.3. The van der Waals surface area contributed by atoms with Crippen LogP contribution in [-0.4, -0.2) is 70.1 Å². The average Bonchev–Trinajstić information content (AvgIpc) is 2.94. The van der Waals surface area contributed by atoms with Gasteiger partial charge in [-0.3, -0.25) is 4.79 Å². The van der Waals surface area contributed by atoms with Gasteiger partial charge in [0, 0.05) is 30.7 Å². The van der Waals surface area contributed by atoms with Crippen LogP contribution < -0.4 is 10.0 Å². The molecule has 0 spiro atoms. The number of amidine groups is 1. The second-order valence-corrected chi connectivity index (χ2v) is 12.4. The molecular weight excluding hydrogens is 583 g/mol. The predicted molar refractivity (Wildman–Crippen MR) is 160 cm³/mol. The zero-order valence-corrected chi connectivity index (χ0v) is 25.1. The Morgan fingerprint density at radius 2 is 1.88 bits per heavy atom. The molecule has 0 bridgehead atoms. The van der Waals surface area contributed by atoms with Gasteiger partial charge in [0.05, 0.1) is 22.0 Å². The fourth-order valence-electron chi connectivity index (χ4n) is 5.26. The molecule has 4 heterocycles.